The Morgan fingerprint density at radius 1 is 1.45 bits per heavy atom. The highest BCUT2D eigenvalue weighted by Crippen LogP contribution is 2.30. The van der Waals surface area contributed by atoms with Gasteiger partial charge in [-0.05, 0) is 12.3 Å². The topological polar surface area (TPSA) is 34.1 Å². The molecule has 11 heavy (non-hydrogen) atoms. The maximum atomic E-state index is 11.1. The summed E-state index contributed by atoms with van der Waals surface area (Å²) in [5, 5.41) is 0. The summed E-state index contributed by atoms with van der Waals surface area (Å²) in [6, 6.07) is 0. The van der Waals surface area contributed by atoms with Crippen LogP contribution in [-0.2, 0) is 9.84 Å². The van der Waals surface area contributed by atoms with Crippen LogP contribution in [0.15, 0.2) is 23.8 Å². The van der Waals surface area contributed by atoms with E-state index in [1.54, 1.807) is 0 Å². The monoisotopic (exact) mass is 170 g/mol. The Morgan fingerprint density at radius 3 is 3.00 bits per heavy atom. The van der Waals surface area contributed by atoms with Crippen LogP contribution in [0.3, 0.4) is 0 Å². The van der Waals surface area contributed by atoms with E-state index >= 15 is 0 Å². The first-order valence-electron chi connectivity index (χ1n) is 3.73. The van der Waals surface area contributed by atoms with Crippen LogP contribution in [0.1, 0.15) is 6.42 Å². The van der Waals surface area contributed by atoms with Crippen LogP contribution in [0.25, 0.3) is 0 Å². The molecule has 1 unspecified atom stereocenters. The van der Waals surface area contributed by atoms with Gasteiger partial charge in [0.25, 0.3) is 0 Å². The third-order valence-corrected chi connectivity index (χ3v) is 3.92. The zero-order valence-electron chi connectivity index (χ0n) is 6.16. The van der Waals surface area contributed by atoms with Gasteiger partial charge in [0.15, 0.2) is 9.84 Å². The van der Waals surface area contributed by atoms with Gasteiger partial charge in [-0.25, -0.2) is 8.42 Å². The standard InChI is InChI=1S/C8H10O2S/c9-11(10)5-7-3-1-2-4-8(7)6-11/h1-3,8H,4-6H2. The first-order valence-corrected chi connectivity index (χ1v) is 5.55. The van der Waals surface area contributed by atoms with Crippen LogP contribution >= 0.6 is 0 Å². The number of fused-ring (bicyclic) bond motifs is 1. The van der Waals surface area contributed by atoms with Gasteiger partial charge >= 0.3 is 0 Å². The van der Waals surface area contributed by atoms with Gasteiger partial charge in [0.05, 0.1) is 11.5 Å². The second-order valence-corrected chi connectivity index (χ2v) is 5.27. The van der Waals surface area contributed by atoms with Gasteiger partial charge in [-0.2, -0.15) is 0 Å². The molecule has 1 aliphatic carbocycles. The predicted molar refractivity (Wildman–Crippen MR) is 44.0 cm³/mol. The lowest BCUT2D eigenvalue weighted by molar-refractivity contribution is 0.597. The number of hydrogen-bond donors (Lipinski definition) is 0. The maximum Gasteiger partial charge on any atom is 0.154 e. The minimum atomic E-state index is -2.74. The summed E-state index contributed by atoms with van der Waals surface area (Å²) < 4.78 is 22.3. The first kappa shape index (κ1) is 7.10. The molecule has 0 saturated carbocycles. The Morgan fingerprint density at radius 2 is 2.27 bits per heavy atom. The molecule has 1 fully saturated rings. The minimum Gasteiger partial charge on any atom is -0.228 e. The van der Waals surface area contributed by atoms with E-state index < -0.39 is 9.84 Å². The van der Waals surface area contributed by atoms with Crippen LogP contribution in [0.5, 0.6) is 0 Å². The molecule has 0 aromatic carbocycles. The van der Waals surface area contributed by atoms with Gasteiger partial charge in [0, 0.05) is 0 Å². The van der Waals surface area contributed by atoms with Crippen molar-refractivity contribution < 1.29 is 8.42 Å². The molecule has 3 heteroatoms. The molecule has 0 amide bonds. The summed E-state index contributed by atoms with van der Waals surface area (Å²) in [5.41, 5.74) is 1.10. The van der Waals surface area contributed by atoms with Crippen molar-refractivity contribution in [3.8, 4) is 0 Å². The summed E-state index contributed by atoms with van der Waals surface area (Å²) in [6.45, 7) is 0. The van der Waals surface area contributed by atoms with Crippen LogP contribution < -0.4 is 0 Å². The third kappa shape index (κ3) is 1.25. The van der Waals surface area contributed by atoms with Gasteiger partial charge in [-0.1, -0.05) is 23.8 Å². The van der Waals surface area contributed by atoms with Crippen molar-refractivity contribution in [2.75, 3.05) is 11.5 Å². The van der Waals surface area contributed by atoms with E-state index in [-0.39, 0.29) is 0 Å². The van der Waals surface area contributed by atoms with E-state index in [1.807, 2.05) is 18.2 Å². The SMILES string of the molecule is O=S1(=O)CC2=CC=CCC2C1. The second-order valence-electron chi connectivity index (χ2n) is 3.16. The van der Waals surface area contributed by atoms with Gasteiger partial charge in [0.2, 0.25) is 0 Å². The van der Waals surface area contributed by atoms with Crippen molar-refractivity contribution in [3.05, 3.63) is 23.8 Å². The molecule has 1 atom stereocenters. The fourth-order valence-electron chi connectivity index (χ4n) is 1.68. The normalized spacial score (nSPS) is 33.1. The molecule has 0 spiro atoms. The average molecular weight is 170 g/mol. The van der Waals surface area contributed by atoms with Crippen LogP contribution in [-0.4, -0.2) is 19.9 Å². The molecule has 2 rings (SSSR count). The van der Waals surface area contributed by atoms with Crippen molar-refractivity contribution in [3.63, 3.8) is 0 Å². The van der Waals surface area contributed by atoms with Crippen molar-refractivity contribution in [1.29, 1.82) is 0 Å². The Balaban J connectivity index is 2.35. The fourth-order valence-corrected chi connectivity index (χ4v) is 3.60. The fraction of sp³-hybridized carbons (Fsp3) is 0.500. The smallest absolute Gasteiger partial charge is 0.154 e. The summed E-state index contributed by atoms with van der Waals surface area (Å²) in [4.78, 5) is 0. The maximum absolute atomic E-state index is 11.1. The number of hydrogen-bond acceptors (Lipinski definition) is 2. The molecule has 1 heterocycles. The van der Waals surface area contributed by atoms with E-state index in [0.717, 1.165) is 12.0 Å². The van der Waals surface area contributed by atoms with Crippen molar-refractivity contribution >= 4 is 9.84 Å². The lowest BCUT2D eigenvalue weighted by atomic mass is 9.95. The Labute approximate surface area is 66.5 Å². The van der Waals surface area contributed by atoms with Gasteiger partial charge in [-0.3, -0.25) is 0 Å². The molecule has 0 N–H and O–H groups in total. The largest absolute Gasteiger partial charge is 0.228 e. The molecule has 0 radical (unpaired) electrons. The molecular weight excluding hydrogens is 160 g/mol. The Kier molecular flexibility index (Phi) is 1.42. The number of allylic oxidation sites excluding steroid dienone is 3. The highest BCUT2D eigenvalue weighted by molar-refractivity contribution is 7.91. The molecule has 2 aliphatic rings. The van der Waals surface area contributed by atoms with E-state index in [0.29, 0.717) is 17.4 Å². The number of rotatable bonds is 0. The summed E-state index contributed by atoms with van der Waals surface area (Å²) in [7, 11) is -2.74. The minimum absolute atomic E-state index is 0.294. The summed E-state index contributed by atoms with van der Waals surface area (Å²) in [6.07, 6.45) is 6.84. The molecule has 0 bridgehead atoms. The van der Waals surface area contributed by atoms with Crippen molar-refractivity contribution in [1.82, 2.24) is 0 Å². The third-order valence-electron chi connectivity index (χ3n) is 2.23. The van der Waals surface area contributed by atoms with E-state index in [9.17, 15) is 8.42 Å². The first-order chi connectivity index (χ1) is 5.17. The van der Waals surface area contributed by atoms with Crippen LogP contribution in [0.2, 0.25) is 0 Å². The molecule has 1 saturated heterocycles. The molecule has 2 nitrogen and oxygen atoms in total. The average Bonchev–Trinajstić information content (AvgIpc) is 2.21. The summed E-state index contributed by atoms with van der Waals surface area (Å²) >= 11 is 0. The molecule has 1 aliphatic heterocycles. The van der Waals surface area contributed by atoms with E-state index in [4.69, 9.17) is 0 Å². The zero-order chi connectivity index (χ0) is 7.90. The van der Waals surface area contributed by atoms with Crippen molar-refractivity contribution in [2.24, 2.45) is 5.92 Å². The van der Waals surface area contributed by atoms with Crippen LogP contribution in [0.4, 0.5) is 0 Å². The lowest BCUT2D eigenvalue weighted by Crippen LogP contribution is -2.04. The van der Waals surface area contributed by atoms with Gasteiger partial charge in [-0.15, -0.1) is 0 Å². The summed E-state index contributed by atoms with van der Waals surface area (Å²) in [5.74, 6) is 0.954. The quantitative estimate of drug-likeness (QED) is 0.541. The Bertz CT molecular complexity index is 322. The highest BCUT2D eigenvalue weighted by Gasteiger charge is 2.32. The van der Waals surface area contributed by atoms with Crippen molar-refractivity contribution in [2.45, 2.75) is 6.42 Å². The highest BCUT2D eigenvalue weighted by atomic mass is 32.2. The molecule has 0 aromatic rings. The van der Waals surface area contributed by atoms with Crippen LogP contribution in [0, 0.1) is 5.92 Å². The Hall–Kier alpha value is -0.570. The molecule has 0 aromatic heterocycles. The van der Waals surface area contributed by atoms with Gasteiger partial charge < -0.3 is 0 Å². The number of sulfone groups is 1. The molecular formula is C8H10O2S. The zero-order valence-corrected chi connectivity index (χ0v) is 6.97. The van der Waals surface area contributed by atoms with E-state index in [1.165, 1.54) is 0 Å². The second kappa shape index (κ2) is 2.21. The predicted octanol–water partition coefficient (Wildman–Crippen LogP) is 0.917. The molecule has 60 valence electrons. The van der Waals surface area contributed by atoms with Gasteiger partial charge in [0.1, 0.15) is 0 Å². The van der Waals surface area contributed by atoms with E-state index in [2.05, 4.69) is 0 Å². The lowest BCUT2D eigenvalue weighted by Gasteiger charge is -2.09.